The molecule has 3 N–H and O–H groups in total. The van der Waals surface area contributed by atoms with Gasteiger partial charge in [0.15, 0.2) is 12.6 Å². The Kier molecular flexibility index (Phi) is 8.76. The van der Waals surface area contributed by atoms with E-state index < -0.39 is 11.7 Å². The summed E-state index contributed by atoms with van der Waals surface area (Å²) >= 11 is 0. The van der Waals surface area contributed by atoms with E-state index in [-0.39, 0.29) is 12.5 Å². The predicted octanol–water partition coefficient (Wildman–Crippen LogP) is 1.88. The Labute approximate surface area is 178 Å². The lowest BCUT2D eigenvalue weighted by Gasteiger charge is -2.29. The first-order valence-electron chi connectivity index (χ1n) is 10.2. The van der Waals surface area contributed by atoms with Crippen LogP contribution in [0, 0.1) is 0 Å². The number of hydrogen-bond acceptors (Lipinski definition) is 5. The molecule has 0 saturated carbocycles. The van der Waals surface area contributed by atoms with Crippen LogP contribution in [-0.4, -0.2) is 63.4 Å². The molecule has 0 radical (unpaired) electrons. The second-order valence-electron chi connectivity index (χ2n) is 7.86. The number of rotatable bonds is 8. The molecular weight excluding hydrogens is 386 g/mol. The van der Waals surface area contributed by atoms with E-state index in [4.69, 9.17) is 9.47 Å². The number of benzene rings is 1. The van der Waals surface area contributed by atoms with Gasteiger partial charge in [0.05, 0.1) is 5.69 Å². The van der Waals surface area contributed by atoms with Crippen molar-refractivity contribution < 1.29 is 19.1 Å². The molecule has 1 aliphatic heterocycles. The number of nitrogens with one attached hydrogen (secondary N) is 3. The van der Waals surface area contributed by atoms with E-state index in [0.29, 0.717) is 32.1 Å². The number of nitrogens with zero attached hydrogens (tertiary/aromatic N) is 2. The van der Waals surface area contributed by atoms with Crippen LogP contribution in [-0.2, 0) is 9.53 Å². The quantitative estimate of drug-likeness (QED) is 0.338. The van der Waals surface area contributed by atoms with Crippen molar-refractivity contribution in [3.8, 4) is 5.75 Å². The number of carbonyl (C=O) groups is 2. The lowest BCUT2D eigenvalue weighted by Crippen LogP contribution is -2.42. The smallest absolute Gasteiger partial charge is 0.407 e. The van der Waals surface area contributed by atoms with Crippen LogP contribution in [0.3, 0.4) is 0 Å². The molecule has 1 aliphatic rings. The minimum atomic E-state index is -0.498. The molecule has 1 aromatic rings. The molecule has 0 unspecified atom stereocenters. The van der Waals surface area contributed by atoms with Gasteiger partial charge >= 0.3 is 6.09 Å². The summed E-state index contributed by atoms with van der Waals surface area (Å²) < 4.78 is 10.6. The number of amides is 2. The number of ether oxygens (including phenoxy) is 2. The maximum Gasteiger partial charge on any atom is 0.407 e. The van der Waals surface area contributed by atoms with Crippen molar-refractivity contribution in [2.24, 2.45) is 4.99 Å². The Bertz CT molecular complexity index is 745. The largest absolute Gasteiger partial charge is 0.482 e. The molecule has 0 aromatic heterocycles. The summed E-state index contributed by atoms with van der Waals surface area (Å²) in [6.07, 6.45) is 1.09. The van der Waals surface area contributed by atoms with Gasteiger partial charge in [0.25, 0.3) is 5.91 Å². The number of para-hydroxylation sites is 2. The van der Waals surface area contributed by atoms with Crippen molar-refractivity contribution in [2.45, 2.75) is 39.2 Å². The van der Waals surface area contributed by atoms with E-state index in [9.17, 15) is 9.59 Å². The van der Waals surface area contributed by atoms with Crippen LogP contribution in [0.5, 0.6) is 5.75 Å². The Morgan fingerprint density at radius 3 is 2.50 bits per heavy atom. The molecular formula is C21H33N5O4. The third kappa shape index (κ3) is 7.81. The maximum atomic E-state index is 12.2. The van der Waals surface area contributed by atoms with Crippen molar-refractivity contribution in [1.82, 2.24) is 16.0 Å². The zero-order valence-electron chi connectivity index (χ0n) is 18.3. The standard InChI is InChI=1S/C21H33N5O4/c1-21(2,3)30-20(28)25-12-7-11-23-19(22-4)24-13-8-14-26-16-9-5-6-10-17(16)29-15-18(26)27/h5-6,9-10H,7-8,11-15H2,1-4H3,(H,25,28)(H2,22,23,24). The lowest BCUT2D eigenvalue weighted by atomic mass is 10.2. The van der Waals surface area contributed by atoms with Crippen molar-refractivity contribution in [2.75, 3.05) is 44.7 Å². The Morgan fingerprint density at radius 1 is 1.13 bits per heavy atom. The highest BCUT2D eigenvalue weighted by atomic mass is 16.6. The maximum absolute atomic E-state index is 12.2. The Balaban J connectivity index is 1.62. The van der Waals surface area contributed by atoms with Gasteiger partial charge in [0.2, 0.25) is 0 Å². The SMILES string of the molecule is CN=C(NCCCNC(=O)OC(C)(C)C)NCCCN1C(=O)COc2ccccc21. The fourth-order valence-electron chi connectivity index (χ4n) is 2.86. The zero-order chi connectivity index (χ0) is 22.0. The second kappa shape index (κ2) is 11.3. The Hall–Kier alpha value is -2.97. The van der Waals surface area contributed by atoms with Crippen LogP contribution in [0.25, 0.3) is 0 Å². The number of hydrogen-bond donors (Lipinski definition) is 3. The number of guanidine groups is 1. The first-order valence-corrected chi connectivity index (χ1v) is 10.2. The van der Waals surface area contributed by atoms with Gasteiger partial charge in [-0.25, -0.2) is 4.79 Å². The third-order valence-electron chi connectivity index (χ3n) is 4.20. The molecule has 0 bridgehead atoms. The fraction of sp³-hybridized carbons (Fsp3) is 0.571. The number of fused-ring (bicyclic) bond motifs is 1. The number of aliphatic imine (C=N–C) groups is 1. The molecule has 9 nitrogen and oxygen atoms in total. The first kappa shape index (κ1) is 23.3. The molecule has 0 aliphatic carbocycles. The molecule has 30 heavy (non-hydrogen) atoms. The molecule has 0 spiro atoms. The molecule has 1 heterocycles. The van der Waals surface area contributed by atoms with Gasteiger partial charge in [-0.3, -0.25) is 9.79 Å². The number of carbonyl (C=O) groups excluding carboxylic acids is 2. The van der Waals surface area contributed by atoms with Gasteiger partial charge in [0.1, 0.15) is 11.4 Å². The minimum Gasteiger partial charge on any atom is -0.482 e. The van der Waals surface area contributed by atoms with Crippen LogP contribution in [0.15, 0.2) is 29.3 Å². The molecule has 0 atom stereocenters. The lowest BCUT2D eigenvalue weighted by molar-refractivity contribution is -0.121. The van der Waals surface area contributed by atoms with Gasteiger partial charge in [-0.15, -0.1) is 0 Å². The van der Waals surface area contributed by atoms with E-state index in [1.807, 2.05) is 45.0 Å². The van der Waals surface area contributed by atoms with E-state index in [0.717, 1.165) is 24.3 Å². The van der Waals surface area contributed by atoms with Gasteiger partial charge < -0.3 is 30.3 Å². The minimum absolute atomic E-state index is 0.0336. The molecule has 1 aromatic carbocycles. The number of anilines is 1. The van der Waals surface area contributed by atoms with E-state index in [2.05, 4.69) is 20.9 Å². The van der Waals surface area contributed by atoms with E-state index in [1.165, 1.54) is 0 Å². The normalized spacial score (nSPS) is 13.9. The van der Waals surface area contributed by atoms with E-state index in [1.54, 1.807) is 11.9 Å². The monoisotopic (exact) mass is 419 g/mol. The van der Waals surface area contributed by atoms with E-state index >= 15 is 0 Å². The average Bonchev–Trinajstić information content (AvgIpc) is 2.69. The predicted molar refractivity (Wildman–Crippen MR) is 117 cm³/mol. The van der Waals surface area contributed by atoms with Crippen LogP contribution in [0.4, 0.5) is 10.5 Å². The Morgan fingerprint density at radius 2 is 1.80 bits per heavy atom. The van der Waals surface area contributed by atoms with Crippen molar-refractivity contribution in [1.29, 1.82) is 0 Å². The van der Waals surface area contributed by atoms with Crippen LogP contribution < -0.4 is 25.6 Å². The fourth-order valence-corrected chi connectivity index (χ4v) is 2.86. The van der Waals surface area contributed by atoms with Gasteiger partial charge in [-0.2, -0.15) is 0 Å². The summed E-state index contributed by atoms with van der Waals surface area (Å²) in [5, 5.41) is 9.16. The van der Waals surface area contributed by atoms with Crippen LogP contribution >= 0.6 is 0 Å². The van der Waals surface area contributed by atoms with Crippen molar-refractivity contribution >= 4 is 23.6 Å². The summed E-state index contributed by atoms with van der Waals surface area (Å²) in [5.41, 5.74) is 0.316. The number of alkyl carbamates (subject to hydrolysis) is 1. The van der Waals surface area contributed by atoms with Gasteiger partial charge in [-0.1, -0.05) is 12.1 Å². The topological polar surface area (TPSA) is 104 Å². The highest BCUT2D eigenvalue weighted by molar-refractivity contribution is 5.97. The van der Waals surface area contributed by atoms with Crippen molar-refractivity contribution in [3.05, 3.63) is 24.3 Å². The van der Waals surface area contributed by atoms with Crippen LogP contribution in [0.1, 0.15) is 33.6 Å². The second-order valence-corrected chi connectivity index (χ2v) is 7.86. The summed E-state index contributed by atoms with van der Waals surface area (Å²) in [5.74, 6) is 1.39. The molecule has 166 valence electrons. The summed E-state index contributed by atoms with van der Waals surface area (Å²) in [6, 6.07) is 7.56. The molecule has 0 fully saturated rings. The molecule has 0 saturated heterocycles. The van der Waals surface area contributed by atoms with Gasteiger partial charge in [0, 0.05) is 33.2 Å². The first-order chi connectivity index (χ1) is 14.3. The van der Waals surface area contributed by atoms with Crippen LogP contribution in [0.2, 0.25) is 0 Å². The van der Waals surface area contributed by atoms with Gasteiger partial charge in [-0.05, 0) is 45.7 Å². The molecule has 2 amide bonds. The molecule has 2 rings (SSSR count). The average molecular weight is 420 g/mol. The highest BCUT2D eigenvalue weighted by Crippen LogP contribution is 2.31. The summed E-state index contributed by atoms with van der Waals surface area (Å²) in [6.45, 7) is 8.01. The zero-order valence-corrected chi connectivity index (χ0v) is 18.3. The van der Waals surface area contributed by atoms with Crippen molar-refractivity contribution in [3.63, 3.8) is 0 Å². The highest BCUT2D eigenvalue weighted by Gasteiger charge is 2.24. The third-order valence-corrected chi connectivity index (χ3v) is 4.20. The molecule has 9 heteroatoms. The summed E-state index contributed by atoms with van der Waals surface area (Å²) in [4.78, 5) is 29.7. The summed E-state index contributed by atoms with van der Waals surface area (Å²) in [7, 11) is 1.70.